The molecule has 0 radical (unpaired) electrons. The van der Waals surface area contributed by atoms with Crippen LogP contribution in [0.1, 0.15) is 116 Å². The molecule has 8 aliphatic rings. The number of fused-ring (bicyclic) bond motifs is 11. The molecule has 484 valence electrons. The highest BCUT2D eigenvalue weighted by molar-refractivity contribution is 7.00. The molecule has 0 bridgehead atoms. The summed E-state index contributed by atoms with van der Waals surface area (Å²) in [6, 6.07) is 83.4. The van der Waals surface area contributed by atoms with Gasteiger partial charge in [0.25, 0.3) is 6.71 Å². The van der Waals surface area contributed by atoms with Crippen molar-refractivity contribution in [1.29, 1.82) is 0 Å². The molecule has 6 atom stereocenters. The second kappa shape index (κ2) is 24.6. The number of allylic oxidation sites excluding steroid dienone is 8. The number of aromatic nitrogens is 2. The van der Waals surface area contributed by atoms with Gasteiger partial charge in [-0.1, -0.05) is 211 Å². The van der Waals surface area contributed by atoms with Gasteiger partial charge < -0.3 is 18.9 Å². The maximum Gasteiger partial charge on any atom is 0.252 e. The minimum absolute atomic E-state index is 0.0587. The molecule has 20 rings (SSSR count). The lowest BCUT2D eigenvalue weighted by atomic mass is 9.33. The van der Waals surface area contributed by atoms with Gasteiger partial charge in [0.15, 0.2) is 0 Å². The van der Waals surface area contributed by atoms with Crippen LogP contribution in [-0.2, 0) is 0 Å². The number of para-hydroxylation sites is 4. The third kappa shape index (κ3) is 9.75. The van der Waals surface area contributed by atoms with Gasteiger partial charge in [0.05, 0.1) is 34.2 Å². The van der Waals surface area contributed by atoms with Gasteiger partial charge in [-0.05, 0) is 249 Å². The summed E-state index contributed by atoms with van der Waals surface area (Å²) in [7, 11) is 0. The maximum atomic E-state index is 3.06. The van der Waals surface area contributed by atoms with Gasteiger partial charge in [-0.2, -0.15) is 0 Å². The second-order valence-corrected chi connectivity index (χ2v) is 30.1. The van der Waals surface area contributed by atoms with Crippen LogP contribution in [0.5, 0.6) is 0 Å². The summed E-state index contributed by atoms with van der Waals surface area (Å²) in [5.41, 5.74) is 29.1. The number of hydrogen-bond acceptors (Lipinski definition) is 2. The van der Waals surface area contributed by atoms with Gasteiger partial charge in [-0.15, -0.1) is 0 Å². The summed E-state index contributed by atoms with van der Waals surface area (Å²) < 4.78 is 5.18. The molecular weight excluding hydrogens is 1200 g/mol. The van der Waals surface area contributed by atoms with Gasteiger partial charge in [-0.3, -0.25) is 0 Å². The van der Waals surface area contributed by atoms with Crippen LogP contribution in [0.4, 0.5) is 22.7 Å². The molecule has 6 unspecified atom stereocenters. The Bertz CT molecular complexity index is 5050. The summed E-state index contributed by atoms with van der Waals surface area (Å²) >= 11 is 0. The van der Waals surface area contributed by atoms with E-state index in [0.29, 0.717) is 23.7 Å². The van der Waals surface area contributed by atoms with Crippen LogP contribution < -0.4 is 26.2 Å². The first-order valence-electron chi connectivity index (χ1n) is 37.8. The van der Waals surface area contributed by atoms with Crippen molar-refractivity contribution in [3.8, 4) is 33.6 Å². The highest BCUT2D eigenvalue weighted by Crippen LogP contribution is 2.54. The van der Waals surface area contributed by atoms with Gasteiger partial charge >= 0.3 is 0 Å². The Labute approximate surface area is 583 Å². The van der Waals surface area contributed by atoms with Crippen LogP contribution in [0.2, 0.25) is 0 Å². The van der Waals surface area contributed by atoms with Crippen LogP contribution >= 0.6 is 0 Å². The number of nitrogens with zero attached hydrogens (tertiary/aromatic N) is 4. The quantitative estimate of drug-likeness (QED) is 0.100. The van der Waals surface area contributed by atoms with Crippen LogP contribution in [-0.4, -0.2) is 27.9 Å². The molecule has 99 heavy (non-hydrogen) atoms. The Balaban J connectivity index is 0.910. The Morgan fingerprint density at radius 1 is 0.333 bits per heavy atom. The number of anilines is 4. The molecular formula is C94H85BN4. The minimum Gasteiger partial charge on any atom is -0.334 e. The van der Waals surface area contributed by atoms with E-state index in [0.717, 1.165) is 51.4 Å². The molecule has 10 aromatic carbocycles. The zero-order chi connectivity index (χ0) is 65.1. The number of hydrogen-bond donors (Lipinski definition) is 0. The normalized spacial score (nSPS) is 22.1. The SMILES string of the molecule is C1=CCC(C2=CCCC(C3=CCCCC3)C2N2c3cc(-n4c5ccccc5c5ccccc54)ccc3B3c4ccc(-n5c6ccccc6c6ccccc65)cc4N(C4C(C5CC=CCC5)=CCCC4C4=CCCCC4)c4cc(-c5ccc(-c6cccc7ccccc67)cc5)cc2c43)CC1. The monoisotopic (exact) mass is 1280 g/mol. The molecule has 2 aliphatic heterocycles. The van der Waals surface area contributed by atoms with Crippen LogP contribution in [0.25, 0.3) is 88.0 Å². The van der Waals surface area contributed by atoms with E-state index >= 15 is 0 Å². The molecule has 5 heteroatoms. The molecule has 4 nitrogen and oxygen atoms in total. The highest BCUT2D eigenvalue weighted by Gasteiger charge is 2.51. The largest absolute Gasteiger partial charge is 0.334 e. The summed E-state index contributed by atoms with van der Waals surface area (Å²) in [4.78, 5) is 6.11. The molecule has 12 aromatic rings. The van der Waals surface area contributed by atoms with E-state index in [9.17, 15) is 0 Å². The van der Waals surface area contributed by atoms with Crippen LogP contribution in [0.3, 0.4) is 0 Å². The fourth-order valence-corrected chi connectivity index (χ4v) is 20.5. The van der Waals surface area contributed by atoms with Gasteiger partial charge in [-0.25, -0.2) is 0 Å². The molecule has 4 heterocycles. The molecule has 0 fully saturated rings. The molecule has 0 N–H and O–H groups in total. The zero-order valence-corrected chi connectivity index (χ0v) is 56.9. The summed E-state index contributed by atoms with van der Waals surface area (Å²) in [6.07, 6.45) is 42.2. The van der Waals surface area contributed by atoms with Gasteiger partial charge in [0.2, 0.25) is 0 Å². The second-order valence-electron chi connectivity index (χ2n) is 30.1. The smallest absolute Gasteiger partial charge is 0.252 e. The fraction of sp³-hybridized carbons (Fsp3) is 0.255. The average molecular weight is 1280 g/mol. The van der Waals surface area contributed by atoms with Crippen molar-refractivity contribution in [2.75, 3.05) is 9.80 Å². The van der Waals surface area contributed by atoms with Gasteiger partial charge in [0, 0.05) is 67.5 Å². The fourth-order valence-electron chi connectivity index (χ4n) is 20.5. The minimum atomic E-state index is -0.0587. The summed E-state index contributed by atoms with van der Waals surface area (Å²) in [6.45, 7) is -0.0587. The molecule has 6 aliphatic carbocycles. The lowest BCUT2D eigenvalue weighted by Gasteiger charge is -2.53. The van der Waals surface area contributed by atoms with E-state index in [1.807, 2.05) is 0 Å². The molecule has 0 spiro atoms. The maximum absolute atomic E-state index is 3.06. The molecule has 2 aromatic heterocycles. The lowest BCUT2D eigenvalue weighted by Crippen LogP contribution is -2.65. The first-order chi connectivity index (χ1) is 49.2. The number of benzene rings is 10. The van der Waals surface area contributed by atoms with Crippen molar-refractivity contribution in [2.45, 2.75) is 128 Å². The Kier molecular flexibility index (Phi) is 14.7. The summed E-state index contributed by atoms with van der Waals surface area (Å²) in [5, 5.41) is 7.75. The van der Waals surface area contributed by atoms with E-state index in [1.165, 1.54) is 191 Å². The zero-order valence-electron chi connectivity index (χ0n) is 56.9. The summed E-state index contributed by atoms with van der Waals surface area (Å²) in [5.74, 6) is 1.67. The average Bonchev–Trinajstić information content (AvgIpc) is 0.834. The Morgan fingerprint density at radius 2 is 0.788 bits per heavy atom. The van der Waals surface area contributed by atoms with Crippen molar-refractivity contribution in [3.05, 3.63) is 283 Å². The standard InChI is InChI=1S/C94H85BN4/c1-5-26-64(27-6-1)74-42-24-43-75(65-28-7-2-8-29-65)93(74)98-88-60-70(96-84-46-19-15-37-78(84)79-38-16-20-47-85(79)96)54-56-82(88)95-83-57-55-71(97-86-48-21-17-39-80(86)81-40-18-22-49-87(81)97)61-89(83)99(94-76(66-30-9-3-10-31-66)44-25-45-77(94)67-32-11-4-12-33-67)91-59-69(58-90(98)92(91)95)62-50-52-68(53-51-62)73-41-23-35-63-34-13-14-36-72(63)73/h1,3,5,9,13-23,28,32,34-42,44,46-61,64,66,75,77,93-94H,2,4,6-8,10-12,24-27,29-31,33,43,45H2. The van der Waals surface area contributed by atoms with E-state index in [2.05, 4.69) is 280 Å². The topological polar surface area (TPSA) is 16.3 Å². The van der Waals surface area contributed by atoms with Crippen LogP contribution in [0, 0.1) is 23.7 Å². The lowest BCUT2D eigenvalue weighted by molar-refractivity contribution is 0.391. The Hall–Kier alpha value is -9.84. The van der Waals surface area contributed by atoms with Crippen molar-refractivity contribution in [3.63, 3.8) is 0 Å². The third-order valence-electron chi connectivity index (χ3n) is 24.9. The van der Waals surface area contributed by atoms with Crippen LogP contribution in [0.15, 0.2) is 283 Å². The van der Waals surface area contributed by atoms with E-state index < -0.39 is 0 Å². The molecule has 0 amide bonds. The van der Waals surface area contributed by atoms with Crippen molar-refractivity contribution < 1.29 is 0 Å². The predicted molar refractivity (Wildman–Crippen MR) is 421 cm³/mol. The van der Waals surface area contributed by atoms with E-state index in [1.54, 1.807) is 22.3 Å². The third-order valence-corrected chi connectivity index (χ3v) is 24.9. The first-order valence-corrected chi connectivity index (χ1v) is 37.8. The first kappa shape index (κ1) is 59.2. The molecule has 0 saturated heterocycles. The molecule has 0 saturated carbocycles. The number of rotatable bonds is 10. The van der Waals surface area contributed by atoms with E-state index in [-0.39, 0.29) is 18.8 Å². The van der Waals surface area contributed by atoms with Crippen molar-refractivity contribution in [2.24, 2.45) is 23.7 Å². The van der Waals surface area contributed by atoms with E-state index in [4.69, 9.17) is 0 Å². The van der Waals surface area contributed by atoms with Crippen molar-refractivity contribution in [1.82, 2.24) is 9.13 Å². The Morgan fingerprint density at radius 3 is 1.25 bits per heavy atom. The predicted octanol–water partition coefficient (Wildman–Crippen LogP) is 22.9. The highest BCUT2D eigenvalue weighted by atomic mass is 15.2. The van der Waals surface area contributed by atoms with Gasteiger partial charge in [0.1, 0.15) is 0 Å². The van der Waals surface area contributed by atoms with Crippen molar-refractivity contribution >= 4 is 100 Å².